The predicted molar refractivity (Wildman–Crippen MR) is 168 cm³/mol. The number of benzene rings is 2. The quantitative estimate of drug-likeness (QED) is 0.398. The Morgan fingerprint density at radius 1 is 1.21 bits per heavy atom. The van der Waals surface area contributed by atoms with E-state index < -0.39 is 6.04 Å². The molecule has 0 unspecified atom stereocenters. The third-order valence-electron chi connectivity index (χ3n) is 10.6. The summed E-state index contributed by atoms with van der Waals surface area (Å²) in [6.45, 7) is 9.87. The highest BCUT2D eigenvalue weighted by molar-refractivity contribution is 6.33. The van der Waals surface area contributed by atoms with Crippen molar-refractivity contribution in [2.45, 2.75) is 71.7 Å². The van der Waals surface area contributed by atoms with Gasteiger partial charge < -0.3 is 21.1 Å². The van der Waals surface area contributed by atoms with E-state index in [9.17, 15) is 9.59 Å². The predicted octanol–water partition coefficient (Wildman–Crippen LogP) is 2.64. The molecule has 1 saturated heterocycles. The first kappa shape index (κ1) is 30.6. The summed E-state index contributed by atoms with van der Waals surface area (Å²) in [5, 5.41) is 7.99. The fraction of sp³-hybridized carbons (Fsp3) is 0.576. The highest BCUT2D eigenvalue weighted by atomic mass is 16.7. The molecular weight excluding hydrogens is 527 g/mol. The third-order valence-corrected chi connectivity index (χ3v) is 10.6. The second-order valence-corrected chi connectivity index (χ2v) is 13.2. The van der Waals surface area contributed by atoms with Crippen LogP contribution in [0.2, 0.25) is 0 Å². The number of methoxy groups -OCH3 is 1. The molecule has 3 aliphatic carbocycles. The van der Waals surface area contributed by atoms with Crippen LogP contribution in [0.4, 0.5) is 0 Å². The Bertz CT molecular complexity index is 1330. The van der Waals surface area contributed by atoms with Crippen molar-refractivity contribution in [3.05, 3.63) is 47.5 Å². The number of nitrogens with zero attached hydrogens (tertiary/aromatic N) is 1. The highest BCUT2D eigenvalue weighted by Crippen LogP contribution is 2.61. The molecule has 2 bridgehead atoms. The van der Waals surface area contributed by atoms with Gasteiger partial charge in [-0.2, -0.15) is 5.06 Å². The molecule has 2 aromatic rings. The summed E-state index contributed by atoms with van der Waals surface area (Å²) in [4.78, 5) is 32.9. The molecule has 226 valence electrons. The van der Waals surface area contributed by atoms with Crippen molar-refractivity contribution in [3.8, 4) is 16.9 Å². The van der Waals surface area contributed by atoms with E-state index in [1.165, 1.54) is 6.42 Å². The highest BCUT2D eigenvalue weighted by Gasteiger charge is 2.57. The van der Waals surface area contributed by atoms with Gasteiger partial charge in [0, 0.05) is 42.2 Å². The molecule has 2 aromatic carbocycles. The van der Waals surface area contributed by atoms with Crippen molar-refractivity contribution >= 4 is 25.1 Å². The van der Waals surface area contributed by atoms with E-state index in [0.717, 1.165) is 35.0 Å². The zero-order valence-corrected chi connectivity index (χ0v) is 26.2. The number of fused-ring (bicyclic) bond motifs is 2. The van der Waals surface area contributed by atoms with Crippen molar-refractivity contribution in [3.63, 3.8) is 0 Å². The minimum atomic E-state index is -0.450. The first-order chi connectivity index (χ1) is 20.0. The summed E-state index contributed by atoms with van der Waals surface area (Å²) in [6.07, 6.45) is 2.86. The third kappa shape index (κ3) is 5.35. The molecule has 1 heterocycles. The topological polar surface area (TPSA) is 106 Å². The van der Waals surface area contributed by atoms with Gasteiger partial charge in [0.05, 0.1) is 19.8 Å². The van der Waals surface area contributed by atoms with Crippen molar-refractivity contribution in [1.82, 2.24) is 15.7 Å². The van der Waals surface area contributed by atoms with Crippen molar-refractivity contribution in [1.29, 1.82) is 0 Å². The second-order valence-electron chi connectivity index (χ2n) is 13.2. The monoisotopic (exact) mass is 574 g/mol. The molecule has 9 heteroatoms. The molecule has 0 aromatic heterocycles. The minimum absolute atomic E-state index is 0.0130. The SMILES string of the molecule is Bc1cc(C(=O)NC)cc(-c2cccc(CN3O[C@@H](CN)[C@H](CC)[C@H]3C(=O)N[C@H]3C[C@H]4C[C@@H]([C@@H]3C)C4(C)C)c2OC)c1. The number of hydroxylamine groups is 2. The Hall–Kier alpha value is -2.88. The first-order valence-corrected chi connectivity index (χ1v) is 15.5. The number of rotatable bonds is 9. The standard InChI is InChI=1S/C33H47BN4O4/c1-7-24-28(16-35)42-38(29(24)32(40)37-27-15-22-14-26(18(27)2)33(22,3)4)17-19-9-8-10-25(30(19)41-6)20-11-21(31(39)36-5)13-23(34)12-20/h8-13,18,22,24,26-29H,7,14-17,34-35H2,1-6H3,(H,36,39)(H,37,40)/t18-,22+,24-,26-,27-,28-,29-/m0/s1. The number of amides is 2. The lowest BCUT2D eigenvalue weighted by atomic mass is 9.45. The molecule has 1 aliphatic heterocycles. The molecular formula is C33H47BN4O4. The molecule has 4 N–H and O–H groups in total. The van der Waals surface area contributed by atoms with Gasteiger partial charge in [0.15, 0.2) is 0 Å². The maximum absolute atomic E-state index is 14.0. The molecule has 0 radical (unpaired) electrons. The van der Waals surface area contributed by atoms with Crippen LogP contribution in [-0.2, 0) is 16.2 Å². The number of carbonyl (C=O) groups is 2. The first-order valence-electron chi connectivity index (χ1n) is 15.5. The van der Waals surface area contributed by atoms with Gasteiger partial charge in [0.2, 0.25) is 5.91 Å². The summed E-state index contributed by atoms with van der Waals surface area (Å²) < 4.78 is 5.97. The van der Waals surface area contributed by atoms with Gasteiger partial charge in [-0.25, -0.2) is 0 Å². The molecule has 3 saturated carbocycles. The average molecular weight is 575 g/mol. The summed E-state index contributed by atoms with van der Waals surface area (Å²) >= 11 is 0. The molecule has 8 nitrogen and oxygen atoms in total. The molecule has 4 aliphatic rings. The molecule has 0 spiro atoms. The molecule has 42 heavy (non-hydrogen) atoms. The van der Waals surface area contributed by atoms with Crippen LogP contribution in [0, 0.1) is 29.1 Å². The van der Waals surface area contributed by atoms with Crippen LogP contribution < -0.4 is 26.6 Å². The Kier molecular flexibility index (Phi) is 8.75. The molecule has 7 atom stereocenters. The number of ether oxygens (including phenoxy) is 1. The van der Waals surface area contributed by atoms with Gasteiger partial charge in [0.25, 0.3) is 5.91 Å². The number of hydrogen-bond donors (Lipinski definition) is 3. The zero-order valence-electron chi connectivity index (χ0n) is 26.2. The molecule has 2 amide bonds. The summed E-state index contributed by atoms with van der Waals surface area (Å²) in [7, 11) is 5.26. The molecule has 6 rings (SSSR count). The van der Waals surface area contributed by atoms with Crippen LogP contribution in [0.1, 0.15) is 62.9 Å². The fourth-order valence-electron chi connectivity index (χ4n) is 8.07. The van der Waals surface area contributed by atoms with E-state index in [-0.39, 0.29) is 29.9 Å². The lowest BCUT2D eigenvalue weighted by Crippen LogP contribution is -2.62. The Labute approximate surface area is 251 Å². The van der Waals surface area contributed by atoms with Crippen LogP contribution in [0.25, 0.3) is 11.1 Å². The van der Waals surface area contributed by atoms with Gasteiger partial charge in [-0.1, -0.05) is 63.5 Å². The van der Waals surface area contributed by atoms with Crippen molar-refractivity contribution < 1.29 is 19.2 Å². The Morgan fingerprint density at radius 3 is 2.60 bits per heavy atom. The van der Waals surface area contributed by atoms with E-state index in [1.54, 1.807) is 14.2 Å². The summed E-state index contributed by atoms with van der Waals surface area (Å²) in [5.74, 6) is 2.33. The van der Waals surface area contributed by atoms with Gasteiger partial charge in [-0.3, -0.25) is 14.4 Å². The zero-order chi connectivity index (χ0) is 30.3. The van der Waals surface area contributed by atoms with Crippen LogP contribution in [0.3, 0.4) is 0 Å². The van der Waals surface area contributed by atoms with Crippen molar-refractivity contribution in [2.75, 3.05) is 20.7 Å². The maximum Gasteiger partial charge on any atom is 0.251 e. The Morgan fingerprint density at radius 2 is 1.98 bits per heavy atom. The van der Waals surface area contributed by atoms with Crippen LogP contribution in [0.15, 0.2) is 36.4 Å². The largest absolute Gasteiger partial charge is 0.496 e. The second kappa shape index (κ2) is 12.0. The van der Waals surface area contributed by atoms with Crippen LogP contribution in [0.5, 0.6) is 5.75 Å². The number of carbonyl (C=O) groups excluding carboxylic acids is 2. The van der Waals surface area contributed by atoms with E-state index in [4.69, 9.17) is 15.3 Å². The van der Waals surface area contributed by atoms with Gasteiger partial charge in [-0.15, -0.1) is 0 Å². The van der Waals surface area contributed by atoms with Gasteiger partial charge in [-0.05, 0) is 54.1 Å². The lowest BCUT2D eigenvalue weighted by molar-refractivity contribution is -0.175. The van der Waals surface area contributed by atoms with E-state index in [2.05, 4.69) is 38.3 Å². The summed E-state index contributed by atoms with van der Waals surface area (Å²) in [6, 6.07) is 11.5. The fourth-order valence-corrected chi connectivity index (χ4v) is 8.07. The maximum atomic E-state index is 14.0. The smallest absolute Gasteiger partial charge is 0.251 e. The normalized spacial score (nSPS) is 29.9. The number of nitrogens with two attached hydrogens (primary N) is 1. The van der Waals surface area contributed by atoms with E-state index in [0.29, 0.717) is 47.6 Å². The number of para-hydroxylation sites is 1. The van der Waals surface area contributed by atoms with Crippen LogP contribution >= 0.6 is 0 Å². The average Bonchev–Trinajstić information content (AvgIpc) is 3.34. The van der Waals surface area contributed by atoms with Gasteiger partial charge in [0.1, 0.15) is 19.6 Å². The number of nitrogens with one attached hydrogen (secondary N) is 2. The van der Waals surface area contributed by atoms with Crippen LogP contribution in [-0.4, -0.2) is 63.6 Å². The van der Waals surface area contributed by atoms with Crippen molar-refractivity contribution in [2.24, 2.45) is 34.8 Å². The molecule has 4 fully saturated rings. The minimum Gasteiger partial charge on any atom is -0.496 e. The van der Waals surface area contributed by atoms with Gasteiger partial charge >= 0.3 is 0 Å². The lowest BCUT2D eigenvalue weighted by Gasteiger charge is -2.62. The Balaban J connectivity index is 1.42. The van der Waals surface area contributed by atoms with E-state index in [1.807, 2.05) is 49.3 Å². The summed E-state index contributed by atoms with van der Waals surface area (Å²) in [5.41, 5.74) is 10.8. The van der Waals surface area contributed by atoms with E-state index >= 15 is 0 Å². The number of hydrogen-bond acceptors (Lipinski definition) is 6.